The first-order valence-corrected chi connectivity index (χ1v) is 11.3. The van der Waals surface area contributed by atoms with Crippen LogP contribution in [0.4, 0.5) is 0 Å². The number of pyridine rings is 2. The Morgan fingerprint density at radius 3 is 2.70 bits per heavy atom. The van der Waals surface area contributed by atoms with Gasteiger partial charge in [0.25, 0.3) is 0 Å². The van der Waals surface area contributed by atoms with E-state index < -0.39 is 0 Å². The van der Waals surface area contributed by atoms with E-state index in [0.29, 0.717) is 19.1 Å². The summed E-state index contributed by atoms with van der Waals surface area (Å²) in [4.78, 5) is 19.0. The van der Waals surface area contributed by atoms with E-state index in [1.807, 2.05) is 30.7 Å². The standard InChI is InChI=1S/C26H27N3O4/c1-29-24-7-8-27-17-23(24)22-5-3-18(13-25(22)29)19-4-6-26(28-16-19)33-21-14-20(15-21)32-11-2-10-31-12-9-30/h3-9,13,16-17,20-21H,2,10-12,14-15H2,1H3. The van der Waals surface area contributed by atoms with E-state index in [-0.39, 0.29) is 18.8 Å². The van der Waals surface area contributed by atoms with Crippen LogP contribution in [0.25, 0.3) is 32.9 Å². The van der Waals surface area contributed by atoms with Gasteiger partial charge in [-0.3, -0.25) is 4.98 Å². The minimum Gasteiger partial charge on any atom is -0.474 e. The van der Waals surface area contributed by atoms with Crippen LogP contribution >= 0.6 is 0 Å². The van der Waals surface area contributed by atoms with Gasteiger partial charge in [-0.2, -0.15) is 0 Å². The SMILES string of the molecule is Cn1c2ccncc2c2ccc(-c3ccc(OC4CC(OCCCOCC=O)C4)nc3)cc21. The second kappa shape index (κ2) is 9.68. The number of ether oxygens (including phenoxy) is 3. The van der Waals surface area contributed by atoms with Gasteiger partial charge in [0, 0.05) is 79.6 Å². The fourth-order valence-electron chi connectivity index (χ4n) is 4.32. The van der Waals surface area contributed by atoms with Crippen LogP contribution in [0, 0.1) is 0 Å². The number of hydrogen-bond donors (Lipinski definition) is 0. The lowest BCUT2D eigenvalue weighted by Crippen LogP contribution is -2.39. The molecule has 0 saturated heterocycles. The van der Waals surface area contributed by atoms with Crippen molar-refractivity contribution in [1.82, 2.24) is 14.5 Å². The highest BCUT2D eigenvalue weighted by atomic mass is 16.5. The smallest absolute Gasteiger partial charge is 0.213 e. The molecule has 170 valence electrons. The molecule has 0 bridgehead atoms. The number of aldehydes is 1. The number of aryl methyl sites for hydroxylation is 1. The number of benzene rings is 1. The second-order valence-electron chi connectivity index (χ2n) is 8.37. The van der Waals surface area contributed by atoms with Gasteiger partial charge in [0.15, 0.2) is 0 Å². The molecule has 7 nitrogen and oxygen atoms in total. The largest absolute Gasteiger partial charge is 0.474 e. The number of nitrogens with zero attached hydrogens (tertiary/aromatic N) is 3. The highest BCUT2D eigenvalue weighted by molar-refractivity contribution is 6.08. The van der Waals surface area contributed by atoms with E-state index in [9.17, 15) is 4.79 Å². The molecule has 1 saturated carbocycles. The van der Waals surface area contributed by atoms with Gasteiger partial charge in [0.1, 0.15) is 19.0 Å². The van der Waals surface area contributed by atoms with Gasteiger partial charge in [0.2, 0.25) is 5.88 Å². The molecule has 0 aliphatic heterocycles. The summed E-state index contributed by atoms with van der Waals surface area (Å²) in [7, 11) is 2.08. The fourth-order valence-corrected chi connectivity index (χ4v) is 4.32. The molecular formula is C26H27N3O4. The Hall–Kier alpha value is -3.29. The third-order valence-electron chi connectivity index (χ3n) is 6.19. The van der Waals surface area contributed by atoms with Crippen molar-refractivity contribution in [3.05, 3.63) is 55.0 Å². The third-order valence-corrected chi connectivity index (χ3v) is 6.19. The van der Waals surface area contributed by atoms with Gasteiger partial charge < -0.3 is 23.6 Å². The Morgan fingerprint density at radius 2 is 1.88 bits per heavy atom. The molecule has 33 heavy (non-hydrogen) atoms. The first-order chi connectivity index (χ1) is 16.2. The van der Waals surface area contributed by atoms with Crippen LogP contribution < -0.4 is 4.74 Å². The van der Waals surface area contributed by atoms with Crippen molar-refractivity contribution in [2.45, 2.75) is 31.5 Å². The molecule has 0 amide bonds. The molecule has 1 fully saturated rings. The van der Waals surface area contributed by atoms with E-state index >= 15 is 0 Å². The highest BCUT2D eigenvalue weighted by Crippen LogP contribution is 2.32. The topological polar surface area (TPSA) is 75.5 Å². The molecule has 7 heteroatoms. The molecule has 0 N–H and O–H groups in total. The lowest BCUT2D eigenvalue weighted by molar-refractivity contribution is -0.112. The molecule has 0 spiro atoms. The zero-order valence-corrected chi connectivity index (χ0v) is 18.6. The second-order valence-corrected chi connectivity index (χ2v) is 8.37. The van der Waals surface area contributed by atoms with Crippen LogP contribution in [0.3, 0.4) is 0 Å². The lowest BCUT2D eigenvalue weighted by Gasteiger charge is -2.34. The van der Waals surface area contributed by atoms with E-state index in [4.69, 9.17) is 14.2 Å². The summed E-state index contributed by atoms with van der Waals surface area (Å²) < 4.78 is 19.1. The van der Waals surface area contributed by atoms with Crippen molar-refractivity contribution >= 4 is 28.1 Å². The Kier molecular flexibility index (Phi) is 6.32. The molecule has 5 rings (SSSR count). The van der Waals surface area contributed by atoms with Gasteiger partial charge in [0.05, 0.1) is 11.6 Å². The first kappa shape index (κ1) is 21.6. The molecule has 3 aromatic heterocycles. The van der Waals surface area contributed by atoms with E-state index in [2.05, 4.69) is 45.8 Å². The van der Waals surface area contributed by atoms with Crippen LogP contribution in [0.15, 0.2) is 55.0 Å². The summed E-state index contributed by atoms with van der Waals surface area (Å²) >= 11 is 0. The van der Waals surface area contributed by atoms with Crippen LogP contribution in [0.5, 0.6) is 5.88 Å². The number of rotatable bonds is 10. The van der Waals surface area contributed by atoms with Crippen LogP contribution in [0.1, 0.15) is 19.3 Å². The van der Waals surface area contributed by atoms with Crippen LogP contribution in [-0.2, 0) is 21.3 Å². The maximum atomic E-state index is 10.2. The van der Waals surface area contributed by atoms with Gasteiger partial charge >= 0.3 is 0 Å². The van der Waals surface area contributed by atoms with Crippen LogP contribution in [-0.4, -0.2) is 52.8 Å². The van der Waals surface area contributed by atoms with Gasteiger partial charge in [-0.15, -0.1) is 0 Å². The zero-order chi connectivity index (χ0) is 22.6. The first-order valence-electron chi connectivity index (χ1n) is 11.3. The monoisotopic (exact) mass is 445 g/mol. The van der Waals surface area contributed by atoms with Crippen molar-refractivity contribution < 1.29 is 19.0 Å². The van der Waals surface area contributed by atoms with Crippen molar-refractivity contribution in [2.24, 2.45) is 7.05 Å². The Morgan fingerprint density at radius 1 is 1.00 bits per heavy atom. The average Bonchev–Trinajstić information content (AvgIpc) is 3.11. The molecule has 0 unspecified atom stereocenters. The minimum absolute atomic E-state index is 0.139. The van der Waals surface area contributed by atoms with Crippen molar-refractivity contribution in [3.63, 3.8) is 0 Å². The molecule has 1 aliphatic carbocycles. The molecule has 3 heterocycles. The molecule has 1 aliphatic rings. The summed E-state index contributed by atoms with van der Waals surface area (Å²) in [6.07, 6.45) is 9.27. The summed E-state index contributed by atoms with van der Waals surface area (Å²) in [6, 6.07) is 12.5. The van der Waals surface area contributed by atoms with E-state index in [0.717, 1.165) is 42.1 Å². The van der Waals surface area contributed by atoms with Gasteiger partial charge in [-0.1, -0.05) is 12.1 Å². The van der Waals surface area contributed by atoms with Crippen molar-refractivity contribution in [2.75, 3.05) is 19.8 Å². The minimum atomic E-state index is 0.139. The molecule has 0 radical (unpaired) electrons. The maximum Gasteiger partial charge on any atom is 0.213 e. The van der Waals surface area contributed by atoms with Crippen molar-refractivity contribution in [1.29, 1.82) is 0 Å². The third kappa shape index (κ3) is 4.60. The van der Waals surface area contributed by atoms with E-state index in [1.54, 1.807) is 0 Å². The predicted octanol–water partition coefficient (Wildman–Crippen LogP) is 4.32. The summed E-state index contributed by atoms with van der Waals surface area (Å²) in [5, 5.41) is 2.37. The number of aromatic nitrogens is 3. The molecule has 0 atom stereocenters. The number of fused-ring (bicyclic) bond motifs is 3. The summed E-state index contributed by atoms with van der Waals surface area (Å²) in [6.45, 7) is 1.34. The number of hydrogen-bond acceptors (Lipinski definition) is 6. The fraction of sp³-hybridized carbons (Fsp3) is 0.346. The average molecular weight is 446 g/mol. The molecule has 4 aromatic rings. The van der Waals surface area contributed by atoms with Crippen LogP contribution in [0.2, 0.25) is 0 Å². The Bertz CT molecular complexity index is 1250. The molecule has 1 aromatic carbocycles. The van der Waals surface area contributed by atoms with E-state index in [1.165, 1.54) is 16.4 Å². The highest BCUT2D eigenvalue weighted by Gasteiger charge is 2.31. The normalized spacial score (nSPS) is 17.8. The number of carbonyl (C=O) groups is 1. The lowest BCUT2D eigenvalue weighted by atomic mass is 9.92. The van der Waals surface area contributed by atoms with Crippen molar-refractivity contribution in [3.8, 4) is 17.0 Å². The van der Waals surface area contributed by atoms with Gasteiger partial charge in [-0.25, -0.2) is 4.98 Å². The summed E-state index contributed by atoms with van der Waals surface area (Å²) in [5.41, 5.74) is 4.52. The maximum absolute atomic E-state index is 10.2. The zero-order valence-electron chi connectivity index (χ0n) is 18.6. The quantitative estimate of drug-likeness (QED) is 0.267. The van der Waals surface area contributed by atoms with Gasteiger partial charge in [-0.05, 0) is 30.2 Å². The molecular weight excluding hydrogens is 418 g/mol. The Labute approximate surface area is 192 Å². The predicted molar refractivity (Wildman–Crippen MR) is 126 cm³/mol. The summed E-state index contributed by atoms with van der Waals surface area (Å²) in [5.74, 6) is 0.640. The Balaban J connectivity index is 1.16. The number of carbonyl (C=O) groups excluding carboxylic acids is 1.